The van der Waals surface area contributed by atoms with Gasteiger partial charge < -0.3 is 4.74 Å². The summed E-state index contributed by atoms with van der Waals surface area (Å²) in [5.74, 6) is -0.762. The Labute approximate surface area is 285 Å². The van der Waals surface area contributed by atoms with Crippen LogP contribution in [0.3, 0.4) is 0 Å². The lowest BCUT2D eigenvalue weighted by Gasteiger charge is -2.42. The van der Waals surface area contributed by atoms with Crippen LogP contribution in [-0.2, 0) is 24.2 Å². The van der Waals surface area contributed by atoms with E-state index in [2.05, 4.69) is 13.8 Å². The van der Waals surface area contributed by atoms with Crippen molar-refractivity contribution in [2.75, 3.05) is 5.75 Å². The van der Waals surface area contributed by atoms with Gasteiger partial charge in [0, 0.05) is 11.8 Å². The van der Waals surface area contributed by atoms with E-state index in [0.29, 0.717) is 12.8 Å². The molecule has 0 N–H and O–H groups in total. The average Bonchev–Trinajstić information content (AvgIpc) is 3.43. The molecule has 4 aromatic carbocycles. The fourth-order valence-corrected chi connectivity index (χ4v) is 14.9. The number of sulfone groups is 1. The van der Waals surface area contributed by atoms with Gasteiger partial charge in [-0.25, -0.2) is 13.2 Å². The average molecular weight is 681 g/mol. The van der Waals surface area contributed by atoms with Crippen LogP contribution >= 0.6 is 6.89 Å². The number of fused-ring (bicyclic) bond motifs is 2. The van der Waals surface area contributed by atoms with Crippen LogP contribution in [-0.4, -0.2) is 37.3 Å². The van der Waals surface area contributed by atoms with Crippen molar-refractivity contribution >= 4 is 49.7 Å². The van der Waals surface area contributed by atoms with E-state index in [1.807, 2.05) is 105 Å². The summed E-state index contributed by atoms with van der Waals surface area (Å²) in [6, 6.07) is 38.2. The zero-order chi connectivity index (χ0) is 34.2. The topological polar surface area (TPSA) is 77.5 Å². The lowest BCUT2D eigenvalue weighted by atomic mass is 9.69. The Morgan fingerprint density at radius 2 is 1.23 bits per heavy atom. The van der Waals surface area contributed by atoms with Crippen molar-refractivity contribution in [2.24, 2.45) is 22.7 Å². The SMILES string of the molecule is CC(C)CC(=O)C(C(=O)O[C@H]1C[C@@H]2CC[C@@]1(CS(=O)(=O)c1ccccc1)C2(C)C)=P(c1ccccc1)(c1ccccc1)c1ccccc1. The number of ether oxygens (including phenoxy) is 1. The van der Waals surface area contributed by atoms with Gasteiger partial charge in [-0.1, -0.05) is 137 Å². The number of hydrogen-bond donors (Lipinski definition) is 0. The van der Waals surface area contributed by atoms with Crippen molar-refractivity contribution in [2.45, 2.75) is 64.4 Å². The maximum Gasteiger partial charge on any atom is 0.343 e. The molecule has 0 heterocycles. The number of hydrogen-bond acceptors (Lipinski definition) is 5. The molecule has 4 aromatic rings. The van der Waals surface area contributed by atoms with Crippen LogP contribution in [0.1, 0.15) is 53.4 Å². The Morgan fingerprint density at radius 3 is 1.67 bits per heavy atom. The lowest BCUT2D eigenvalue weighted by molar-refractivity contribution is -0.148. The van der Waals surface area contributed by atoms with Crippen molar-refractivity contribution < 1.29 is 22.7 Å². The number of ketones is 1. The molecule has 3 atom stereocenters. The molecule has 0 unspecified atom stereocenters. The molecular weight excluding hydrogens is 635 g/mol. The van der Waals surface area contributed by atoms with Gasteiger partial charge in [0.2, 0.25) is 0 Å². The summed E-state index contributed by atoms with van der Waals surface area (Å²) in [5, 5.41) is 2.84. The summed E-state index contributed by atoms with van der Waals surface area (Å²) in [5.41, 5.74) is -1.17. The molecule has 0 aliphatic heterocycles. The third kappa shape index (κ3) is 5.81. The largest absolute Gasteiger partial charge is 0.458 e. The maximum absolute atomic E-state index is 15.2. The highest BCUT2D eigenvalue weighted by molar-refractivity contribution is 7.97. The number of benzene rings is 4. The van der Waals surface area contributed by atoms with Crippen molar-refractivity contribution in [3.8, 4) is 0 Å². The van der Waals surface area contributed by atoms with Gasteiger partial charge in [-0.05, 0) is 71.4 Å². The molecule has 0 saturated heterocycles. The zero-order valence-corrected chi connectivity index (χ0v) is 29.9. The minimum Gasteiger partial charge on any atom is -0.458 e. The van der Waals surface area contributed by atoms with E-state index >= 15 is 4.79 Å². The second-order valence-corrected chi connectivity index (χ2v) is 19.7. The summed E-state index contributed by atoms with van der Waals surface area (Å²) in [7, 11) is -3.70. The Bertz CT molecular complexity index is 1830. The second kappa shape index (κ2) is 13.3. The van der Waals surface area contributed by atoms with E-state index < -0.39 is 34.2 Å². The van der Waals surface area contributed by atoms with E-state index in [1.54, 1.807) is 30.3 Å². The van der Waals surface area contributed by atoms with Gasteiger partial charge in [0.25, 0.3) is 0 Å². The molecule has 6 rings (SSSR count). The standard InChI is InChI=1S/C41H45O5PS/c1-30(2)27-36(42)38(47(32-17-9-5-10-18-32,33-19-11-6-12-20-33)34-21-13-7-14-22-34)39(43)46-37-28-31-25-26-41(37,40(31,3)4)29-48(44,45)35-23-15-8-16-24-35/h5-24,30-31,37H,25-29H2,1-4H3/t31-,37-,41-/m0/s1. The number of carbonyl (C=O) groups is 2. The fraction of sp³-hybridized carbons (Fsp3) is 0.341. The second-order valence-electron chi connectivity index (χ2n) is 14.4. The molecule has 2 bridgehead atoms. The van der Waals surface area contributed by atoms with Gasteiger partial charge in [-0.3, -0.25) is 4.79 Å². The van der Waals surface area contributed by atoms with Crippen LogP contribution in [0.25, 0.3) is 0 Å². The normalized spacial score (nSPS) is 21.6. The molecule has 0 aromatic heterocycles. The van der Waals surface area contributed by atoms with Crippen LogP contribution in [0.5, 0.6) is 0 Å². The number of carbonyl (C=O) groups excluding carboxylic acids is 2. The summed E-state index contributed by atoms with van der Waals surface area (Å²) in [6.45, 7) is 5.15. The smallest absolute Gasteiger partial charge is 0.343 e. The van der Waals surface area contributed by atoms with Crippen LogP contribution in [0.2, 0.25) is 0 Å². The lowest BCUT2D eigenvalue weighted by Crippen LogP contribution is -2.48. The predicted octanol–water partition coefficient (Wildman–Crippen LogP) is 6.98. The molecule has 5 nitrogen and oxygen atoms in total. The highest BCUT2D eigenvalue weighted by atomic mass is 32.2. The molecule has 250 valence electrons. The van der Waals surface area contributed by atoms with Crippen LogP contribution in [0.4, 0.5) is 0 Å². The van der Waals surface area contributed by atoms with E-state index in [9.17, 15) is 13.2 Å². The Morgan fingerprint density at radius 1 is 0.771 bits per heavy atom. The Hall–Kier alpha value is -3.73. The van der Waals surface area contributed by atoms with Gasteiger partial charge in [0.05, 0.1) is 10.6 Å². The Kier molecular flexibility index (Phi) is 9.45. The molecular formula is C41H45O5PS. The first kappa shape index (κ1) is 34.1. The third-order valence-electron chi connectivity index (χ3n) is 11.0. The summed E-state index contributed by atoms with van der Waals surface area (Å²) >= 11 is 0. The molecule has 0 spiro atoms. The first-order chi connectivity index (χ1) is 22.9. The first-order valence-electron chi connectivity index (χ1n) is 16.9. The minimum absolute atomic E-state index is 0.00769. The highest BCUT2D eigenvalue weighted by Crippen LogP contribution is 2.67. The molecule has 2 saturated carbocycles. The van der Waals surface area contributed by atoms with Crippen LogP contribution < -0.4 is 15.9 Å². The fourth-order valence-electron chi connectivity index (χ4n) is 8.44. The van der Waals surface area contributed by atoms with Gasteiger partial charge in [0.15, 0.2) is 15.6 Å². The summed E-state index contributed by atoms with van der Waals surface area (Å²) in [4.78, 5) is 30.1. The van der Waals surface area contributed by atoms with Crippen molar-refractivity contribution in [3.63, 3.8) is 0 Å². The van der Waals surface area contributed by atoms with Crippen LogP contribution in [0.15, 0.2) is 126 Å². The summed E-state index contributed by atoms with van der Waals surface area (Å²) in [6.07, 6.45) is 1.62. The molecule has 0 radical (unpaired) electrons. The van der Waals surface area contributed by atoms with Gasteiger partial charge >= 0.3 is 5.97 Å². The van der Waals surface area contributed by atoms with Crippen LogP contribution in [0, 0.1) is 22.7 Å². The molecule has 2 aliphatic rings. The minimum atomic E-state index is -3.70. The summed E-state index contributed by atoms with van der Waals surface area (Å²) < 4.78 is 34.6. The number of Topliss-reactive ketones (excluding diaryl/α,β-unsaturated/α-hetero) is 1. The van der Waals surface area contributed by atoms with Gasteiger partial charge in [-0.15, -0.1) is 0 Å². The Balaban J connectivity index is 1.58. The van der Waals surface area contributed by atoms with Crippen molar-refractivity contribution in [3.05, 3.63) is 121 Å². The molecule has 2 fully saturated rings. The predicted molar refractivity (Wildman–Crippen MR) is 197 cm³/mol. The van der Waals surface area contributed by atoms with E-state index in [-0.39, 0.29) is 45.4 Å². The number of esters is 1. The quantitative estimate of drug-likeness (QED) is 0.0971. The van der Waals surface area contributed by atoms with Gasteiger partial charge in [-0.2, -0.15) is 0 Å². The van der Waals surface area contributed by atoms with E-state index in [4.69, 9.17) is 4.74 Å². The van der Waals surface area contributed by atoms with E-state index in [1.165, 1.54) is 0 Å². The monoisotopic (exact) mass is 680 g/mol. The number of rotatable bonds is 11. The zero-order valence-electron chi connectivity index (χ0n) is 28.2. The molecule has 0 amide bonds. The maximum atomic E-state index is 15.2. The van der Waals surface area contributed by atoms with Gasteiger partial charge in [0.1, 0.15) is 11.4 Å². The highest BCUT2D eigenvalue weighted by Gasteiger charge is 2.67. The first-order valence-corrected chi connectivity index (χ1v) is 20.3. The van der Waals surface area contributed by atoms with E-state index in [0.717, 1.165) is 22.3 Å². The molecule has 48 heavy (non-hydrogen) atoms. The molecule has 7 heteroatoms. The van der Waals surface area contributed by atoms with Crippen molar-refractivity contribution in [1.82, 2.24) is 0 Å². The molecule has 2 aliphatic carbocycles. The third-order valence-corrected chi connectivity index (χ3v) is 17.2. The van der Waals surface area contributed by atoms with Crippen molar-refractivity contribution in [1.29, 1.82) is 0 Å².